The van der Waals surface area contributed by atoms with Gasteiger partial charge in [0.1, 0.15) is 5.82 Å². The van der Waals surface area contributed by atoms with Crippen molar-refractivity contribution in [1.29, 1.82) is 0 Å². The molecule has 0 aliphatic rings. The van der Waals surface area contributed by atoms with Crippen molar-refractivity contribution in [3.63, 3.8) is 0 Å². The number of anilines is 1. The van der Waals surface area contributed by atoms with Gasteiger partial charge in [-0.15, -0.1) is 0 Å². The maximum absolute atomic E-state index is 11.7. The van der Waals surface area contributed by atoms with E-state index >= 15 is 0 Å². The number of benzene rings is 1. The number of nitrogens with zero attached hydrogens (tertiary/aromatic N) is 2. The van der Waals surface area contributed by atoms with Crippen molar-refractivity contribution >= 4 is 49.0 Å². The first kappa shape index (κ1) is 12.4. The van der Waals surface area contributed by atoms with E-state index in [2.05, 4.69) is 51.8 Å². The Labute approximate surface area is 123 Å². The number of rotatable bonds is 1. The molecule has 1 aromatic carbocycles. The molecule has 8 heteroatoms. The smallest absolute Gasteiger partial charge is 0.278 e. The molecular formula is C11H7Br2N5O. The van der Waals surface area contributed by atoms with Crippen LogP contribution in [0.3, 0.4) is 0 Å². The molecule has 0 atom stereocenters. The summed E-state index contributed by atoms with van der Waals surface area (Å²) in [5.74, 6) is 0.600. The molecule has 0 amide bonds. The van der Waals surface area contributed by atoms with E-state index in [1.807, 2.05) is 18.2 Å². The van der Waals surface area contributed by atoms with Crippen LogP contribution in [-0.2, 0) is 0 Å². The third kappa shape index (κ3) is 2.17. The number of nitrogen functional groups attached to an aromatic ring is 1. The molecule has 6 nitrogen and oxygen atoms in total. The Hall–Kier alpha value is -1.67. The van der Waals surface area contributed by atoms with Crippen LogP contribution in [0, 0.1) is 0 Å². The summed E-state index contributed by atoms with van der Waals surface area (Å²) in [5.41, 5.74) is 6.58. The minimum absolute atomic E-state index is 0.0467. The van der Waals surface area contributed by atoms with Gasteiger partial charge < -0.3 is 10.7 Å². The summed E-state index contributed by atoms with van der Waals surface area (Å²) < 4.78 is 1.80. The van der Waals surface area contributed by atoms with Crippen LogP contribution in [0.5, 0.6) is 0 Å². The average molecular weight is 385 g/mol. The van der Waals surface area contributed by atoms with E-state index in [9.17, 15) is 4.79 Å². The van der Waals surface area contributed by atoms with Gasteiger partial charge in [0.25, 0.3) is 5.56 Å². The molecule has 3 aromatic rings. The second-order valence-electron chi connectivity index (χ2n) is 3.86. The van der Waals surface area contributed by atoms with Crippen LogP contribution >= 0.6 is 31.9 Å². The highest BCUT2D eigenvalue weighted by Crippen LogP contribution is 2.29. The predicted molar refractivity (Wildman–Crippen MR) is 79.8 cm³/mol. The molecule has 0 saturated heterocycles. The van der Waals surface area contributed by atoms with Gasteiger partial charge in [-0.2, -0.15) is 4.98 Å². The zero-order valence-corrected chi connectivity index (χ0v) is 12.5. The second kappa shape index (κ2) is 4.46. The Morgan fingerprint density at radius 3 is 2.68 bits per heavy atom. The lowest BCUT2D eigenvalue weighted by Gasteiger charge is -2.00. The number of halogens is 2. The quantitative estimate of drug-likeness (QED) is 0.599. The molecule has 0 fully saturated rings. The first-order valence-electron chi connectivity index (χ1n) is 5.25. The topological polar surface area (TPSA) is 100 Å². The molecule has 4 N–H and O–H groups in total. The van der Waals surface area contributed by atoms with E-state index in [0.717, 1.165) is 14.5 Å². The van der Waals surface area contributed by atoms with Crippen molar-refractivity contribution in [1.82, 2.24) is 19.9 Å². The Morgan fingerprint density at radius 2 is 1.95 bits per heavy atom. The first-order chi connectivity index (χ1) is 9.04. The third-order valence-electron chi connectivity index (χ3n) is 2.57. The summed E-state index contributed by atoms with van der Waals surface area (Å²) in [6.07, 6.45) is 0. The van der Waals surface area contributed by atoms with Gasteiger partial charge in [-0.05, 0) is 34.1 Å². The number of hydrogen-bond acceptors (Lipinski definition) is 4. The van der Waals surface area contributed by atoms with Gasteiger partial charge in [-0.3, -0.25) is 9.78 Å². The summed E-state index contributed by atoms with van der Waals surface area (Å²) in [6.45, 7) is 0. The molecule has 2 aromatic heterocycles. The van der Waals surface area contributed by atoms with E-state index in [1.165, 1.54) is 0 Å². The molecule has 0 unspecified atom stereocenters. The van der Waals surface area contributed by atoms with Gasteiger partial charge in [0, 0.05) is 14.5 Å². The number of nitrogens with one attached hydrogen (secondary N) is 2. The van der Waals surface area contributed by atoms with Crippen molar-refractivity contribution in [2.24, 2.45) is 0 Å². The highest BCUT2D eigenvalue weighted by Gasteiger charge is 2.12. The summed E-state index contributed by atoms with van der Waals surface area (Å²) in [7, 11) is 0. The number of imidazole rings is 1. The van der Waals surface area contributed by atoms with Crippen LogP contribution < -0.4 is 11.3 Å². The number of fused-ring (bicyclic) bond motifs is 1. The highest BCUT2D eigenvalue weighted by molar-refractivity contribution is 9.11. The van der Waals surface area contributed by atoms with Crippen molar-refractivity contribution in [3.05, 3.63) is 37.5 Å². The number of aromatic amines is 2. The minimum Gasteiger partial charge on any atom is -0.369 e. The Balaban J connectivity index is 2.26. The van der Waals surface area contributed by atoms with Crippen LogP contribution in [0.4, 0.5) is 5.95 Å². The summed E-state index contributed by atoms with van der Waals surface area (Å²) in [6, 6.07) is 5.66. The van der Waals surface area contributed by atoms with Crippen molar-refractivity contribution in [2.45, 2.75) is 0 Å². The third-order valence-corrected chi connectivity index (χ3v) is 3.72. The zero-order chi connectivity index (χ0) is 13.6. The van der Waals surface area contributed by atoms with Crippen LogP contribution in [0.2, 0.25) is 0 Å². The lowest BCUT2D eigenvalue weighted by atomic mass is 10.2. The van der Waals surface area contributed by atoms with Gasteiger partial charge in [-0.25, -0.2) is 4.98 Å². The van der Waals surface area contributed by atoms with Crippen molar-refractivity contribution in [3.8, 4) is 11.4 Å². The van der Waals surface area contributed by atoms with E-state index in [0.29, 0.717) is 17.0 Å². The molecule has 19 heavy (non-hydrogen) atoms. The lowest BCUT2D eigenvalue weighted by Crippen LogP contribution is -2.10. The Bertz CT molecular complexity index is 839. The largest absolute Gasteiger partial charge is 0.369 e. The monoisotopic (exact) mass is 383 g/mol. The summed E-state index contributed by atoms with van der Waals surface area (Å²) in [4.78, 5) is 25.4. The maximum atomic E-state index is 11.7. The average Bonchev–Trinajstić information content (AvgIpc) is 2.72. The Morgan fingerprint density at radius 1 is 1.16 bits per heavy atom. The van der Waals surface area contributed by atoms with Gasteiger partial charge in [0.05, 0.1) is 0 Å². The number of H-pyrrole nitrogens is 2. The van der Waals surface area contributed by atoms with E-state index in [-0.39, 0.29) is 11.5 Å². The van der Waals surface area contributed by atoms with Crippen LogP contribution in [-0.4, -0.2) is 19.9 Å². The molecule has 0 radical (unpaired) electrons. The minimum atomic E-state index is -0.338. The highest BCUT2D eigenvalue weighted by atomic mass is 79.9. The van der Waals surface area contributed by atoms with Crippen LogP contribution in [0.1, 0.15) is 0 Å². The molecule has 3 rings (SSSR count). The van der Waals surface area contributed by atoms with Gasteiger partial charge >= 0.3 is 0 Å². The lowest BCUT2D eigenvalue weighted by molar-refractivity contribution is 1.17. The fourth-order valence-electron chi connectivity index (χ4n) is 1.73. The zero-order valence-electron chi connectivity index (χ0n) is 9.37. The number of nitrogens with two attached hydrogens (primary N) is 1. The summed E-state index contributed by atoms with van der Waals surface area (Å²) >= 11 is 6.83. The van der Waals surface area contributed by atoms with Crippen LogP contribution in [0.15, 0.2) is 31.9 Å². The van der Waals surface area contributed by atoms with Crippen molar-refractivity contribution in [2.75, 3.05) is 5.73 Å². The van der Waals surface area contributed by atoms with E-state index in [4.69, 9.17) is 5.73 Å². The van der Waals surface area contributed by atoms with Crippen LogP contribution in [0.25, 0.3) is 22.6 Å². The molecule has 96 valence electrons. The fourth-order valence-corrected chi connectivity index (χ4v) is 2.97. The standard InChI is InChI=1S/C11H7Br2N5O/c12-4-1-2-5(6(13)3-4)8-15-7-9(16-8)17-11(14)18-10(7)19/h1-3H,(H4,14,15,16,17,18,19). The van der Waals surface area contributed by atoms with Gasteiger partial charge in [0.15, 0.2) is 11.2 Å². The Kier molecular flexibility index (Phi) is 2.90. The molecule has 0 saturated carbocycles. The van der Waals surface area contributed by atoms with Crippen molar-refractivity contribution < 1.29 is 0 Å². The van der Waals surface area contributed by atoms with E-state index in [1.54, 1.807) is 0 Å². The van der Waals surface area contributed by atoms with Gasteiger partial charge in [-0.1, -0.05) is 15.9 Å². The van der Waals surface area contributed by atoms with E-state index < -0.39 is 0 Å². The molecule has 0 aliphatic heterocycles. The molecule has 0 aliphatic carbocycles. The first-order valence-corrected chi connectivity index (χ1v) is 6.84. The maximum Gasteiger partial charge on any atom is 0.278 e. The second-order valence-corrected chi connectivity index (χ2v) is 5.63. The fraction of sp³-hybridized carbons (Fsp3) is 0. The summed E-state index contributed by atoms with van der Waals surface area (Å²) in [5, 5.41) is 0. The predicted octanol–water partition coefficient (Wildman–Crippen LogP) is 2.42. The SMILES string of the molecule is Nc1nc2nc(-c3ccc(Br)cc3Br)[nH]c2c(=O)[nH]1. The number of hydrogen-bond donors (Lipinski definition) is 3. The number of aromatic nitrogens is 4. The normalized spacial score (nSPS) is 11.1. The molecule has 2 heterocycles. The molecular weight excluding hydrogens is 378 g/mol. The molecule has 0 bridgehead atoms. The van der Waals surface area contributed by atoms with Gasteiger partial charge in [0.2, 0.25) is 5.95 Å². The molecule has 0 spiro atoms.